The second-order valence-electron chi connectivity index (χ2n) is 3.13. The van der Waals surface area contributed by atoms with Crippen molar-refractivity contribution in [3.8, 4) is 0 Å². The molecule has 0 radical (unpaired) electrons. The smallest absolute Gasteiger partial charge is 0.396 e. The zero-order valence-corrected chi connectivity index (χ0v) is 7.73. The predicted molar refractivity (Wildman–Crippen MR) is 47.0 cm³/mol. The van der Waals surface area contributed by atoms with E-state index in [-0.39, 0.29) is 18.6 Å². The lowest BCUT2D eigenvalue weighted by Gasteiger charge is -2.12. The number of halogens is 3. The summed E-state index contributed by atoms with van der Waals surface area (Å²) in [7, 11) is 0. The van der Waals surface area contributed by atoms with Crippen molar-refractivity contribution in [3.05, 3.63) is 34.9 Å². The molecule has 0 atom stereocenters. The monoisotopic (exact) mass is 204 g/mol. The van der Waals surface area contributed by atoms with Gasteiger partial charge in [-0.05, 0) is 25.0 Å². The van der Waals surface area contributed by atoms with Crippen LogP contribution in [0.25, 0.3) is 0 Å². The van der Waals surface area contributed by atoms with E-state index < -0.39 is 11.7 Å². The molecule has 0 aromatic heterocycles. The third-order valence-electron chi connectivity index (χ3n) is 1.95. The van der Waals surface area contributed by atoms with Crippen LogP contribution >= 0.6 is 0 Å². The van der Waals surface area contributed by atoms with E-state index in [1.165, 1.54) is 6.07 Å². The molecule has 1 aromatic carbocycles. The van der Waals surface area contributed by atoms with Gasteiger partial charge in [-0.15, -0.1) is 0 Å². The van der Waals surface area contributed by atoms with Gasteiger partial charge >= 0.3 is 6.18 Å². The Hall–Kier alpha value is -1.03. The van der Waals surface area contributed by atoms with Gasteiger partial charge in [-0.25, -0.2) is 0 Å². The van der Waals surface area contributed by atoms with Crippen LogP contribution in [0.4, 0.5) is 13.2 Å². The first-order valence-electron chi connectivity index (χ1n) is 4.22. The third kappa shape index (κ3) is 2.48. The summed E-state index contributed by atoms with van der Waals surface area (Å²) in [6.07, 6.45) is -4.30. The van der Waals surface area contributed by atoms with Crippen molar-refractivity contribution in [2.45, 2.75) is 19.5 Å². The molecule has 0 aliphatic rings. The van der Waals surface area contributed by atoms with Crippen LogP contribution < -0.4 is 0 Å². The summed E-state index contributed by atoms with van der Waals surface area (Å²) in [5.74, 6) is 0. The predicted octanol–water partition coefficient (Wildman–Crippen LogP) is 2.55. The second-order valence-corrected chi connectivity index (χ2v) is 3.13. The summed E-state index contributed by atoms with van der Waals surface area (Å²) < 4.78 is 37.4. The maximum Gasteiger partial charge on any atom is 0.416 e. The van der Waals surface area contributed by atoms with Gasteiger partial charge in [0.1, 0.15) is 0 Å². The molecule has 4 heteroatoms. The van der Waals surface area contributed by atoms with Crippen LogP contribution in [0, 0.1) is 6.92 Å². The van der Waals surface area contributed by atoms with Gasteiger partial charge < -0.3 is 5.11 Å². The van der Waals surface area contributed by atoms with E-state index in [1.54, 1.807) is 13.0 Å². The Balaban J connectivity index is 3.16. The molecule has 0 bridgehead atoms. The Morgan fingerprint density at radius 3 is 2.43 bits per heavy atom. The van der Waals surface area contributed by atoms with E-state index in [4.69, 9.17) is 5.11 Å². The Morgan fingerprint density at radius 2 is 1.93 bits per heavy atom. The molecule has 1 aromatic rings. The maximum absolute atomic E-state index is 12.5. The molecular formula is C10H11F3O. The molecule has 0 saturated heterocycles. The van der Waals surface area contributed by atoms with E-state index in [1.807, 2.05) is 0 Å². The van der Waals surface area contributed by atoms with E-state index in [2.05, 4.69) is 0 Å². The first-order chi connectivity index (χ1) is 6.45. The molecule has 0 amide bonds. The lowest BCUT2D eigenvalue weighted by atomic mass is 10.0. The van der Waals surface area contributed by atoms with E-state index in [0.29, 0.717) is 5.56 Å². The van der Waals surface area contributed by atoms with Gasteiger partial charge in [0.15, 0.2) is 0 Å². The molecule has 0 heterocycles. The summed E-state index contributed by atoms with van der Waals surface area (Å²) in [6.45, 7) is 1.34. The summed E-state index contributed by atoms with van der Waals surface area (Å²) in [6, 6.07) is 4.12. The highest BCUT2D eigenvalue weighted by atomic mass is 19.4. The Bertz CT molecular complexity index is 318. The van der Waals surface area contributed by atoms with Crippen LogP contribution in [0.1, 0.15) is 16.7 Å². The fourth-order valence-corrected chi connectivity index (χ4v) is 1.29. The highest BCUT2D eigenvalue weighted by molar-refractivity contribution is 5.33. The van der Waals surface area contributed by atoms with Gasteiger partial charge in [0, 0.05) is 6.61 Å². The fourth-order valence-electron chi connectivity index (χ4n) is 1.29. The Labute approximate surface area is 80.2 Å². The molecule has 1 N–H and O–H groups in total. The summed E-state index contributed by atoms with van der Waals surface area (Å²) in [5.41, 5.74) is 0.0659. The first kappa shape index (κ1) is 11.0. The molecule has 0 unspecified atom stereocenters. The average molecular weight is 204 g/mol. The Morgan fingerprint density at radius 1 is 1.29 bits per heavy atom. The van der Waals surface area contributed by atoms with Gasteiger partial charge in [-0.1, -0.05) is 17.7 Å². The SMILES string of the molecule is Cc1ccc(CCO)c(C(F)(F)F)c1. The van der Waals surface area contributed by atoms with Crippen molar-refractivity contribution in [2.75, 3.05) is 6.61 Å². The van der Waals surface area contributed by atoms with Gasteiger partial charge in [0.25, 0.3) is 0 Å². The standard InChI is InChI=1S/C10H11F3O/c1-7-2-3-8(4-5-14)9(6-7)10(11,12)13/h2-3,6,14H,4-5H2,1H3. The molecule has 1 rings (SSSR count). The van der Waals surface area contributed by atoms with Crippen LogP contribution in [0.5, 0.6) is 0 Å². The second kappa shape index (κ2) is 4.00. The zero-order valence-electron chi connectivity index (χ0n) is 7.73. The van der Waals surface area contributed by atoms with E-state index in [0.717, 1.165) is 6.07 Å². The maximum atomic E-state index is 12.5. The number of aliphatic hydroxyl groups excluding tert-OH is 1. The number of hydrogen-bond acceptors (Lipinski definition) is 1. The zero-order chi connectivity index (χ0) is 10.8. The first-order valence-corrected chi connectivity index (χ1v) is 4.22. The van der Waals surface area contributed by atoms with E-state index >= 15 is 0 Å². The normalized spacial score (nSPS) is 11.8. The molecule has 1 nitrogen and oxygen atoms in total. The molecule has 0 aliphatic heterocycles. The van der Waals surface area contributed by atoms with Crippen molar-refractivity contribution >= 4 is 0 Å². The molecule has 0 saturated carbocycles. The van der Waals surface area contributed by atoms with Crippen LogP contribution in [0.15, 0.2) is 18.2 Å². The number of hydrogen-bond donors (Lipinski definition) is 1. The average Bonchev–Trinajstić information content (AvgIpc) is 2.07. The third-order valence-corrected chi connectivity index (χ3v) is 1.95. The van der Waals surface area contributed by atoms with Gasteiger partial charge in [-0.2, -0.15) is 13.2 Å². The van der Waals surface area contributed by atoms with Crippen molar-refractivity contribution in [3.63, 3.8) is 0 Å². The minimum atomic E-state index is -4.34. The molecule has 0 aliphatic carbocycles. The van der Waals surface area contributed by atoms with Crippen LogP contribution in [-0.4, -0.2) is 11.7 Å². The summed E-state index contributed by atoms with van der Waals surface area (Å²) in [5, 5.41) is 8.61. The number of aliphatic hydroxyl groups is 1. The highest BCUT2D eigenvalue weighted by Gasteiger charge is 2.32. The van der Waals surface area contributed by atoms with Gasteiger partial charge in [0.2, 0.25) is 0 Å². The van der Waals surface area contributed by atoms with Crippen LogP contribution in [-0.2, 0) is 12.6 Å². The number of aryl methyl sites for hydroxylation is 1. The molecule has 78 valence electrons. The van der Waals surface area contributed by atoms with Crippen molar-refractivity contribution in [1.29, 1.82) is 0 Å². The number of alkyl halides is 3. The topological polar surface area (TPSA) is 20.2 Å². The minimum Gasteiger partial charge on any atom is -0.396 e. The fraction of sp³-hybridized carbons (Fsp3) is 0.400. The lowest BCUT2D eigenvalue weighted by Crippen LogP contribution is -2.10. The molecule has 0 fully saturated rings. The van der Waals surface area contributed by atoms with Crippen molar-refractivity contribution < 1.29 is 18.3 Å². The van der Waals surface area contributed by atoms with Crippen LogP contribution in [0.2, 0.25) is 0 Å². The molecular weight excluding hydrogens is 193 g/mol. The summed E-state index contributed by atoms with van der Waals surface area (Å²) in [4.78, 5) is 0. The highest BCUT2D eigenvalue weighted by Crippen LogP contribution is 2.32. The van der Waals surface area contributed by atoms with E-state index in [9.17, 15) is 13.2 Å². The molecule has 14 heavy (non-hydrogen) atoms. The van der Waals surface area contributed by atoms with Crippen LogP contribution in [0.3, 0.4) is 0 Å². The molecule has 0 spiro atoms. The minimum absolute atomic E-state index is 0.0368. The quantitative estimate of drug-likeness (QED) is 0.784. The lowest BCUT2D eigenvalue weighted by molar-refractivity contribution is -0.138. The number of benzene rings is 1. The largest absolute Gasteiger partial charge is 0.416 e. The van der Waals surface area contributed by atoms with Crippen molar-refractivity contribution in [1.82, 2.24) is 0 Å². The van der Waals surface area contributed by atoms with Crippen molar-refractivity contribution in [2.24, 2.45) is 0 Å². The Kier molecular flexibility index (Phi) is 3.16. The number of rotatable bonds is 2. The van der Waals surface area contributed by atoms with Gasteiger partial charge in [0.05, 0.1) is 5.56 Å². The van der Waals surface area contributed by atoms with Gasteiger partial charge in [-0.3, -0.25) is 0 Å². The summed E-state index contributed by atoms with van der Waals surface area (Å²) >= 11 is 0.